The molecule has 224 valence electrons. The van der Waals surface area contributed by atoms with E-state index in [4.69, 9.17) is 4.74 Å². The van der Waals surface area contributed by atoms with Crippen LogP contribution >= 0.6 is 11.3 Å². The first-order chi connectivity index (χ1) is 19.4. The van der Waals surface area contributed by atoms with Crippen molar-refractivity contribution in [1.82, 2.24) is 25.2 Å². The number of hydrogen-bond donors (Lipinski definition) is 2. The SMILES string of the molecule is CC(=O)OC(CC(C(C)C)N(C)C(=O)CCC1CC1)c1nc(C(=O)N[C@@H](Cc2ncccn2)CC(C)C(=O)O)cs1. The van der Waals surface area contributed by atoms with Crippen molar-refractivity contribution in [3.8, 4) is 0 Å². The number of carbonyl (C=O) groups is 4. The Bertz CT molecular complexity index is 1190. The molecule has 0 spiro atoms. The molecule has 0 saturated heterocycles. The maximum atomic E-state index is 13.2. The molecular weight excluding hydrogens is 546 g/mol. The molecule has 2 amide bonds. The Hall–Kier alpha value is -3.41. The number of hydrogen-bond acceptors (Lipinski definition) is 9. The topological polar surface area (TPSA) is 152 Å². The van der Waals surface area contributed by atoms with E-state index in [-0.39, 0.29) is 36.4 Å². The molecule has 2 aromatic heterocycles. The second-order valence-electron chi connectivity index (χ2n) is 11.2. The molecule has 2 N–H and O–H groups in total. The highest BCUT2D eigenvalue weighted by molar-refractivity contribution is 7.09. The molecule has 0 aliphatic heterocycles. The number of carboxylic acids is 1. The van der Waals surface area contributed by atoms with Crippen molar-refractivity contribution in [2.45, 2.75) is 90.8 Å². The van der Waals surface area contributed by atoms with E-state index in [1.807, 2.05) is 13.8 Å². The fourth-order valence-corrected chi connectivity index (χ4v) is 5.61. The summed E-state index contributed by atoms with van der Waals surface area (Å²) in [6.07, 6.45) is 7.02. The Balaban J connectivity index is 1.74. The average Bonchev–Trinajstić information content (AvgIpc) is 3.62. The Morgan fingerprint density at radius 1 is 1.15 bits per heavy atom. The molecule has 3 rings (SSSR count). The molecule has 0 radical (unpaired) electrons. The monoisotopic (exact) mass is 587 g/mol. The molecule has 1 fully saturated rings. The van der Waals surface area contributed by atoms with Crippen molar-refractivity contribution < 1.29 is 29.0 Å². The zero-order chi connectivity index (χ0) is 30.1. The molecule has 1 aliphatic carbocycles. The van der Waals surface area contributed by atoms with Crippen molar-refractivity contribution in [2.75, 3.05) is 7.05 Å². The fourth-order valence-electron chi connectivity index (χ4n) is 4.77. The zero-order valence-corrected chi connectivity index (χ0v) is 25.2. The van der Waals surface area contributed by atoms with Gasteiger partial charge in [-0.3, -0.25) is 19.2 Å². The molecule has 1 saturated carbocycles. The molecule has 12 heteroatoms. The predicted molar refractivity (Wildman–Crippen MR) is 153 cm³/mol. The first-order valence-corrected chi connectivity index (χ1v) is 15.0. The van der Waals surface area contributed by atoms with E-state index in [2.05, 4.69) is 20.3 Å². The normalized spacial score (nSPS) is 16.0. The van der Waals surface area contributed by atoms with Gasteiger partial charge in [-0.25, -0.2) is 15.0 Å². The van der Waals surface area contributed by atoms with E-state index in [0.29, 0.717) is 29.6 Å². The number of amides is 2. The van der Waals surface area contributed by atoms with Crippen LogP contribution < -0.4 is 5.32 Å². The molecule has 1 aliphatic rings. The van der Waals surface area contributed by atoms with Crippen molar-refractivity contribution in [3.63, 3.8) is 0 Å². The van der Waals surface area contributed by atoms with Gasteiger partial charge < -0.3 is 20.1 Å². The number of rotatable bonds is 16. The number of carboxylic acid groups (broad SMARTS) is 1. The van der Waals surface area contributed by atoms with Gasteiger partial charge in [-0.1, -0.05) is 33.6 Å². The van der Waals surface area contributed by atoms with Gasteiger partial charge >= 0.3 is 11.9 Å². The van der Waals surface area contributed by atoms with E-state index >= 15 is 0 Å². The number of thiazole rings is 1. The van der Waals surface area contributed by atoms with E-state index in [1.54, 1.807) is 42.7 Å². The Labute approximate surface area is 245 Å². The third-order valence-corrected chi connectivity index (χ3v) is 8.30. The summed E-state index contributed by atoms with van der Waals surface area (Å²) in [5, 5.41) is 14.3. The number of nitrogens with zero attached hydrogens (tertiary/aromatic N) is 4. The average molecular weight is 588 g/mol. The van der Waals surface area contributed by atoms with E-state index in [0.717, 1.165) is 6.42 Å². The molecule has 2 aromatic rings. The minimum absolute atomic E-state index is 0.0698. The van der Waals surface area contributed by atoms with Gasteiger partial charge in [0.2, 0.25) is 5.91 Å². The Morgan fingerprint density at radius 3 is 2.41 bits per heavy atom. The first-order valence-electron chi connectivity index (χ1n) is 14.1. The largest absolute Gasteiger partial charge is 0.481 e. The number of esters is 1. The summed E-state index contributed by atoms with van der Waals surface area (Å²) >= 11 is 1.20. The summed E-state index contributed by atoms with van der Waals surface area (Å²) < 4.78 is 5.64. The minimum Gasteiger partial charge on any atom is -0.481 e. The Kier molecular flexibility index (Phi) is 11.7. The van der Waals surface area contributed by atoms with Crippen molar-refractivity contribution in [3.05, 3.63) is 40.4 Å². The number of ether oxygens (including phenoxy) is 1. The second kappa shape index (κ2) is 15.0. The van der Waals surface area contributed by atoms with Crippen LogP contribution in [0, 0.1) is 17.8 Å². The molecule has 2 heterocycles. The number of nitrogens with one attached hydrogen (secondary N) is 1. The van der Waals surface area contributed by atoms with Crippen LogP contribution in [0.2, 0.25) is 0 Å². The summed E-state index contributed by atoms with van der Waals surface area (Å²) in [5.41, 5.74) is 0.138. The summed E-state index contributed by atoms with van der Waals surface area (Å²) in [6.45, 7) is 6.95. The van der Waals surface area contributed by atoms with Gasteiger partial charge in [0.15, 0.2) is 6.10 Å². The lowest BCUT2D eigenvalue weighted by molar-refractivity contribution is -0.148. The lowest BCUT2D eigenvalue weighted by Gasteiger charge is -2.33. The quantitative estimate of drug-likeness (QED) is 0.277. The number of aliphatic carboxylic acids is 1. The van der Waals surface area contributed by atoms with Crippen LogP contribution in [-0.4, -0.2) is 67.8 Å². The van der Waals surface area contributed by atoms with Crippen LogP contribution in [0.4, 0.5) is 0 Å². The zero-order valence-electron chi connectivity index (χ0n) is 24.4. The van der Waals surface area contributed by atoms with Crippen LogP contribution in [0.1, 0.15) is 93.6 Å². The maximum Gasteiger partial charge on any atom is 0.306 e. The lowest BCUT2D eigenvalue weighted by atomic mass is 9.96. The molecule has 4 atom stereocenters. The van der Waals surface area contributed by atoms with Gasteiger partial charge in [0.1, 0.15) is 16.5 Å². The van der Waals surface area contributed by atoms with Gasteiger partial charge in [-0.05, 0) is 30.7 Å². The summed E-state index contributed by atoms with van der Waals surface area (Å²) in [6, 6.07) is 0.949. The van der Waals surface area contributed by atoms with Crippen LogP contribution in [0.25, 0.3) is 0 Å². The molecule has 41 heavy (non-hydrogen) atoms. The maximum absolute atomic E-state index is 13.2. The van der Waals surface area contributed by atoms with Crippen LogP contribution in [0.15, 0.2) is 23.8 Å². The molecule has 3 unspecified atom stereocenters. The smallest absolute Gasteiger partial charge is 0.306 e. The number of carbonyl (C=O) groups excluding carboxylic acids is 3. The van der Waals surface area contributed by atoms with Crippen LogP contribution in [0.3, 0.4) is 0 Å². The molecule has 0 aromatic carbocycles. The standard InChI is InChI=1S/C29H41N5O6S/c1-17(2)23(34(5)26(36)10-9-20-7-8-20)15-24(40-19(4)35)28-33-22(16-41-28)27(37)32-21(13-18(3)29(38)39)14-25-30-11-6-12-31-25/h6,11-12,16-18,20-21,23-24H,7-10,13-15H2,1-5H3,(H,32,37)(H,38,39)/t18?,21-,23?,24?/m1/s1. The van der Waals surface area contributed by atoms with E-state index in [1.165, 1.54) is 31.1 Å². The van der Waals surface area contributed by atoms with Crippen LogP contribution in [0.5, 0.6) is 0 Å². The fraction of sp³-hybridized carbons (Fsp3) is 0.621. The van der Waals surface area contributed by atoms with Crippen molar-refractivity contribution in [1.29, 1.82) is 0 Å². The third-order valence-electron chi connectivity index (χ3n) is 7.36. The van der Waals surface area contributed by atoms with Gasteiger partial charge in [-0.15, -0.1) is 11.3 Å². The third kappa shape index (κ3) is 10.2. The molecule has 0 bridgehead atoms. The number of aromatic nitrogens is 3. The Morgan fingerprint density at radius 2 is 1.83 bits per heavy atom. The highest BCUT2D eigenvalue weighted by atomic mass is 32.1. The summed E-state index contributed by atoms with van der Waals surface area (Å²) in [7, 11) is 1.79. The van der Waals surface area contributed by atoms with E-state index in [9.17, 15) is 24.3 Å². The predicted octanol–water partition coefficient (Wildman–Crippen LogP) is 4.05. The van der Waals surface area contributed by atoms with E-state index < -0.39 is 35.9 Å². The second-order valence-corrected chi connectivity index (χ2v) is 12.1. The van der Waals surface area contributed by atoms with Crippen molar-refractivity contribution >= 4 is 35.1 Å². The van der Waals surface area contributed by atoms with Crippen LogP contribution in [-0.2, 0) is 25.5 Å². The molecule has 11 nitrogen and oxygen atoms in total. The summed E-state index contributed by atoms with van der Waals surface area (Å²) in [4.78, 5) is 64.3. The summed E-state index contributed by atoms with van der Waals surface area (Å²) in [5.74, 6) is -1.30. The van der Waals surface area contributed by atoms with Gasteiger partial charge in [-0.2, -0.15) is 0 Å². The highest BCUT2D eigenvalue weighted by Crippen LogP contribution is 2.34. The van der Waals surface area contributed by atoms with Gasteiger partial charge in [0, 0.05) is 63.1 Å². The first kappa shape index (κ1) is 32.1. The minimum atomic E-state index is -0.964. The van der Waals surface area contributed by atoms with Gasteiger partial charge in [0.05, 0.1) is 5.92 Å². The van der Waals surface area contributed by atoms with Crippen molar-refractivity contribution in [2.24, 2.45) is 17.8 Å². The molecular formula is C29H41N5O6S. The van der Waals surface area contributed by atoms with Gasteiger partial charge in [0.25, 0.3) is 5.91 Å². The lowest BCUT2D eigenvalue weighted by Crippen LogP contribution is -2.41. The highest BCUT2D eigenvalue weighted by Gasteiger charge is 2.32.